The first kappa shape index (κ1) is 27.5. The third-order valence-electron chi connectivity index (χ3n) is 5.83. The number of amides is 1. The molecule has 11 heteroatoms. The second-order valence-electron chi connectivity index (χ2n) is 8.62. The molecule has 0 bridgehead atoms. The largest absolute Gasteiger partial charge is 0.325 e. The molecule has 3 aromatic carbocycles. The van der Waals surface area contributed by atoms with E-state index in [9.17, 15) is 18.5 Å². The summed E-state index contributed by atoms with van der Waals surface area (Å²) in [5.41, 5.74) is 4.00. The van der Waals surface area contributed by atoms with E-state index in [1.807, 2.05) is 66.7 Å². The first-order valence-electron chi connectivity index (χ1n) is 12.3. The number of anilines is 2. The Balaban J connectivity index is 1.32. The lowest BCUT2D eigenvalue weighted by molar-refractivity contribution is -0.113. The molecular weight excluding hydrogens is 557 g/mol. The number of carbonyl (C=O) groups excluding carboxylic acids is 1. The smallest absolute Gasteiger partial charge is 0.264 e. The lowest BCUT2D eigenvalue weighted by Gasteiger charge is -2.13. The van der Waals surface area contributed by atoms with Crippen LogP contribution in [0, 0.1) is 11.3 Å². The summed E-state index contributed by atoms with van der Waals surface area (Å²) in [5, 5.41) is 13.2. The van der Waals surface area contributed by atoms with Gasteiger partial charge in [-0.1, -0.05) is 72.4 Å². The molecule has 9 nitrogen and oxygen atoms in total. The molecule has 41 heavy (non-hydrogen) atoms. The molecule has 202 valence electrons. The van der Waals surface area contributed by atoms with Gasteiger partial charge in [-0.15, -0.1) is 0 Å². The summed E-state index contributed by atoms with van der Waals surface area (Å²) in [5.74, 6) is -0.390. The predicted octanol–water partition coefficient (Wildman–Crippen LogP) is 5.61. The highest BCUT2D eigenvalue weighted by atomic mass is 32.2. The van der Waals surface area contributed by atoms with Crippen LogP contribution < -0.4 is 10.0 Å². The van der Waals surface area contributed by atoms with Crippen LogP contribution in [0.1, 0.15) is 5.56 Å². The SMILES string of the molecule is N#Cc1c(-c2ccccc2)cc(-c2ccccc2)nc1SCC(=O)Nc1ccc(S(=O)(=O)Nc2ncccn2)cc1. The molecule has 2 N–H and O–H groups in total. The molecule has 0 aliphatic carbocycles. The van der Waals surface area contributed by atoms with Gasteiger partial charge in [0.1, 0.15) is 11.1 Å². The third kappa shape index (κ3) is 6.75. The van der Waals surface area contributed by atoms with Crippen LogP contribution in [-0.4, -0.2) is 35.0 Å². The van der Waals surface area contributed by atoms with Crippen molar-refractivity contribution in [2.45, 2.75) is 9.92 Å². The second-order valence-corrected chi connectivity index (χ2v) is 11.3. The van der Waals surface area contributed by atoms with Crippen LogP contribution >= 0.6 is 11.8 Å². The van der Waals surface area contributed by atoms with Crippen molar-refractivity contribution in [2.75, 3.05) is 15.8 Å². The van der Waals surface area contributed by atoms with Gasteiger partial charge in [-0.05, 0) is 42.0 Å². The van der Waals surface area contributed by atoms with Crippen molar-refractivity contribution in [2.24, 2.45) is 0 Å². The van der Waals surface area contributed by atoms with Crippen LogP contribution in [0.2, 0.25) is 0 Å². The van der Waals surface area contributed by atoms with Crippen LogP contribution in [0.15, 0.2) is 119 Å². The zero-order valence-corrected chi connectivity index (χ0v) is 23.1. The Hall–Kier alpha value is -5.05. The minimum Gasteiger partial charge on any atom is -0.325 e. The highest BCUT2D eigenvalue weighted by molar-refractivity contribution is 8.00. The maximum Gasteiger partial charge on any atom is 0.264 e. The van der Waals surface area contributed by atoms with Gasteiger partial charge in [0.05, 0.1) is 21.9 Å². The fourth-order valence-electron chi connectivity index (χ4n) is 3.92. The zero-order chi connectivity index (χ0) is 28.7. The molecule has 2 aromatic heterocycles. The van der Waals surface area contributed by atoms with Gasteiger partial charge in [-0.3, -0.25) is 4.79 Å². The molecule has 5 rings (SSSR count). The zero-order valence-electron chi connectivity index (χ0n) is 21.4. The Bertz CT molecular complexity index is 1810. The van der Waals surface area contributed by atoms with Gasteiger partial charge in [0, 0.05) is 29.2 Å². The van der Waals surface area contributed by atoms with E-state index in [1.165, 1.54) is 36.7 Å². The Morgan fingerprint density at radius 1 is 0.854 bits per heavy atom. The summed E-state index contributed by atoms with van der Waals surface area (Å²) in [6, 6.07) is 30.7. The van der Waals surface area contributed by atoms with Crippen molar-refractivity contribution in [3.05, 3.63) is 115 Å². The minimum absolute atomic E-state index is 0.00800. The van der Waals surface area contributed by atoms with Crippen LogP contribution in [-0.2, 0) is 14.8 Å². The number of pyridine rings is 1. The highest BCUT2D eigenvalue weighted by Gasteiger charge is 2.18. The normalized spacial score (nSPS) is 10.9. The van der Waals surface area contributed by atoms with E-state index in [2.05, 4.69) is 26.1 Å². The molecule has 0 saturated heterocycles. The van der Waals surface area contributed by atoms with Crippen molar-refractivity contribution in [3.8, 4) is 28.5 Å². The maximum atomic E-state index is 12.8. The fourth-order valence-corrected chi connectivity index (χ4v) is 5.68. The van der Waals surface area contributed by atoms with Crippen molar-refractivity contribution in [1.82, 2.24) is 15.0 Å². The molecule has 0 saturated carbocycles. The van der Waals surface area contributed by atoms with Crippen molar-refractivity contribution in [3.63, 3.8) is 0 Å². The fraction of sp³-hybridized carbons (Fsp3) is 0.0333. The van der Waals surface area contributed by atoms with E-state index in [0.29, 0.717) is 22.0 Å². The number of sulfonamides is 1. The molecule has 0 aliphatic rings. The van der Waals surface area contributed by atoms with Gasteiger partial charge >= 0.3 is 0 Å². The Morgan fingerprint density at radius 2 is 1.49 bits per heavy atom. The summed E-state index contributed by atoms with van der Waals surface area (Å²) in [6.45, 7) is 0. The number of nitrogens with one attached hydrogen (secondary N) is 2. The first-order valence-corrected chi connectivity index (χ1v) is 14.8. The Labute approximate surface area is 241 Å². The molecule has 0 unspecified atom stereocenters. The summed E-state index contributed by atoms with van der Waals surface area (Å²) in [4.78, 5) is 25.3. The average molecular weight is 579 g/mol. The van der Waals surface area contributed by atoms with Crippen LogP contribution in [0.25, 0.3) is 22.4 Å². The summed E-state index contributed by atoms with van der Waals surface area (Å²) < 4.78 is 27.5. The van der Waals surface area contributed by atoms with Crippen molar-refractivity contribution < 1.29 is 13.2 Å². The van der Waals surface area contributed by atoms with E-state index in [0.717, 1.165) is 28.5 Å². The van der Waals surface area contributed by atoms with Crippen LogP contribution in [0.4, 0.5) is 11.6 Å². The molecule has 2 heterocycles. The number of carbonyl (C=O) groups is 1. The third-order valence-corrected chi connectivity index (χ3v) is 8.15. The van der Waals surface area contributed by atoms with E-state index < -0.39 is 10.0 Å². The van der Waals surface area contributed by atoms with Gasteiger partial charge in [0.15, 0.2) is 0 Å². The number of hydrogen-bond donors (Lipinski definition) is 2. The summed E-state index contributed by atoms with van der Waals surface area (Å²) in [7, 11) is -3.90. The van der Waals surface area contributed by atoms with Crippen LogP contribution in [0.5, 0.6) is 0 Å². The Kier molecular flexibility index (Phi) is 8.34. The second kappa shape index (κ2) is 12.4. The lowest BCUT2D eigenvalue weighted by atomic mass is 9.99. The standard InChI is InChI=1S/C30H22N6O3S2/c31-19-26-25(21-8-3-1-4-9-21)18-27(22-10-5-2-6-11-22)35-29(26)40-20-28(37)34-23-12-14-24(15-13-23)41(38,39)36-30-32-16-7-17-33-30/h1-18H,20H2,(H,34,37)(H,32,33,36). The molecule has 0 radical (unpaired) electrons. The number of hydrogen-bond acceptors (Lipinski definition) is 8. The molecule has 0 spiro atoms. The minimum atomic E-state index is -3.90. The van der Waals surface area contributed by atoms with E-state index >= 15 is 0 Å². The maximum absolute atomic E-state index is 12.8. The van der Waals surface area contributed by atoms with Gasteiger partial charge in [-0.25, -0.2) is 28.1 Å². The average Bonchev–Trinajstić information content (AvgIpc) is 3.01. The quantitative estimate of drug-likeness (QED) is 0.215. The van der Waals surface area contributed by atoms with Gasteiger partial charge in [-0.2, -0.15) is 5.26 Å². The number of rotatable bonds is 9. The number of benzene rings is 3. The molecular formula is C30H22N6O3S2. The van der Waals surface area contributed by atoms with E-state index in [-0.39, 0.29) is 22.5 Å². The van der Waals surface area contributed by atoms with Gasteiger partial charge < -0.3 is 5.32 Å². The van der Waals surface area contributed by atoms with Gasteiger partial charge in [0.2, 0.25) is 11.9 Å². The van der Waals surface area contributed by atoms with Crippen molar-refractivity contribution >= 4 is 39.3 Å². The topological polar surface area (TPSA) is 138 Å². The highest BCUT2D eigenvalue weighted by Crippen LogP contribution is 2.34. The molecule has 0 aliphatic heterocycles. The number of thioether (sulfide) groups is 1. The molecule has 1 amide bonds. The van der Waals surface area contributed by atoms with Crippen molar-refractivity contribution in [1.29, 1.82) is 5.26 Å². The lowest BCUT2D eigenvalue weighted by Crippen LogP contribution is -2.16. The monoisotopic (exact) mass is 578 g/mol. The van der Waals surface area contributed by atoms with Crippen LogP contribution in [0.3, 0.4) is 0 Å². The summed E-state index contributed by atoms with van der Waals surface area (Å²) in [6.07, 6.45) is 2.86. The van der Waals surface area contributed by atoms with E-state index in [1.54, 1.807) is 6.07 Å². The summed E-state index contributed by atoms with van der Waals surface area (Å²) >= 11 is 1.16. The molecule has 0 fully saturated rings. The molecule has 5 aromatic rings. The number of nitriles is 1. The Morgan fingerprint density at radius 3 is 2.12 bits per heavy atom. The molecule has 0 atom stereocenters. The van der Waals surface area contributed by atoms with E-state index in [4.69, 9.17) is 4.98 Å². The van der Waals surface area contributed by atoms with Gasteiger partial charge in [0.25, 0.3) is 10.0 Å². The first-order chi connectivity index (χ1) is 19.9. The predicted molar refractivity (Wildman–Crippen MR) is 158 cm³/mol. The number of aromatic nitrogens is 3. The number of nitrogens with zero attached hydrogens (tertiary/aromatic N) is 4.